The van der Waals surface area contributed by atoms with Gasteiger partial charge in [-0.05, 0) is 26.0 Å². The van der Waals surface area contributed by atoms with Crippen molar-refractivity contribution in [2.75, 3.05) is 0 Å². The van der Waals surface area contributed by atoms with Crippen LogP contribution in [-0.2, 0) is 0 Å². The third kappa shape index (κ3) is 1.29. The minimum absolute atomic E-state index is 0.0951. The molecule has 2 aliphatic carbocycles. The van der Waals surface area contributed by atoms with E-state index in [2.05, 4.69) is 0 Å². The van der Waals surface area contributed by atoms with Crippen molar-refractivity contribution >= 4 is 10.8 Å². The van der Waals surface area contributed by atoms with E-state index >= 15 is 0 Å². The van der Waals surface area contributed by atoms with Gasteiger partial charge < -0.3 is 4.42 Å². The van der Waals surface area contributed by atoms with Gasteiger partial charge in [0.15, 0.2) is 10.9 Å². The Kier molecular flexibility index (Phi) is 2.11. The molecule has 1 aromatic rings. The van der Waals surface area contributed by atoms with Gasteiger partial charge in [-0.3, -0.25) is 19.2 Å². The second-order valence-corrected chi connectivity index (χ2v) is 4.43. The summed E-state index contributed by atoms with van der Waals surface area (Å²) in [6, 6.07) is 2.03. The molecule has 0 aromatic carbocycles. The van der Waals surface area contributed by atoms with E-state index < -0.39 is 21.7 Å². The Bertz CT molecular complexity index is 1010. The Morgan fingerprint density at radius 1 is 0.737 bits per heavy atom. The largest absolute Gasteiger partial charge is 0.465 e. The number of hydrogen-bond donors (Lipinski definition) is 0. The SMILES string of the molecule is Cc1oc(C)c2c(=O)c3c(=O)ccc(=O)c=3c(=O)c12. The van der Waals surface area contributed by atoms with E-state index in [1.807, 2.05) is 0 Å². The van der Waals surface area contributed by atoms with E-state index in [-0.39, 0.29) is 32.7 Å². The Hall–Kier alpha value is -2.56. The fourth-order valence-corrected chi connectivity index (χ4v) is 2.50. The van der Waals surface area contributed by atoms with E-state index in [1.54, 1.807) is 13.8 Å². The van der Waals surface area contributed by atoms with E-state index in [0.717, 1.165) is 12.1 Å². The first-order chi connectivity index (χ1) is 8.93. The highest BCUT2D eigenvalue weighted by atomic mass is 16.3. The third-order valence-electron chi connectivity index (χ3n) is 3.30. The zero-order valence-corrected chi connectivity index (χ0v) is 10.2. The normalized spacial score (nSPS) is 11.5. The van der Waals surface area contributed by atoms with Crippen LogP contribution in [0.5, 0.6) is 0 Å². The Labute approximate surface area is 105 Å². The van der Waals surface area contributed by atoms with Crippen LogP contribution in [0.2, 0.25) is 0 Å². The highest BCUT2D eigenvalue weighted by molar-refractivity contribution is 5.86. The quantitative estimate of drug-likeness (QED) is 0.569. The van der Waals surface area contributed by atoms with E-state index in [9.17, 15) is 19.2 Å². The van der Waals surface area contributed by atoms with Crippen molar-refractivity contribution in [2.24, 2.45) is 0 Å². The van der Waals surface area contributed by atoms with Gasteiger partial charge in [0.05, 0.1) is 21.2 Å². The molecule has 0 bridgehead atoms. The monoisotopic (exact) mass is 256 g/mol. The minimum atomic E-state index is -0.614. The van der Waals surface area contributed by atoms with Crippen LogP contribution in [0, 0.1) is 24.3 Å². The zero-order valence-electron chi connectivity index (χ0n) is 10.2. The average molecular weight is 256 g/mol. The fourth-order valence-electron chi connectivity index (χ4n) is 2.50. The number of aryl methyl sites for hydroxylation is 2. The first-order valence-electron chi connectivity index (χ1n) is 5.64. The van der Waals surface area contributed by atoms with Gasteiger partial charge in [0, 0.05) is 0 Å². The molecule has 0 N–H and O–H groups in total. The van der Waals surface area contributed by atoms with Crippen LogP contribution in [0.3, 0.4) is 0 Å². The van der Waals surface area contributed by atoms with Crippen molar-refractivity contribution in [1.29, 1.82) is 0 Å². The fraction of sp³-hybridized carbons (Fsp3) is 0.143. The van der Waals surface area contributed by atoms with Crippen molar-refractivity contribution in [3.8, 4) is 0 Å². The predicted molar refractivity (Wildman–Crippen MR) is 68.4 cm³/mol. The number of hydrogen-bond acceptors (Lipinski definition) is 5. The highest BCUT2D eigenvalue weighted by Crippen LogP contribution is 2.18. The summed E-state index contributed by atoms with van der Waals surface area (Å²) in [5.41, 5.74) is -2.45. The number of furan rings is 1. The Balaban J connectivity index is 3.03. The molecule has 0 radical (unpaired) electrons. The highest BCUT2D eigenvalue weighted by Gasteiger charge is 2.18. The molecule has 0 saturated heterocycles. The molecule has 19 heavy (non-hydrogen) atoms. The van der Waals surface area contributed by atoms with Crippen molar-refractivity contribution in [2.45, 2.75) is 13.8 Å². The van der Waals surface area contributed by atoms with Gasteiger partial charge in [-0.15, -0.1) is 0 Å². The van der Waals surface area contributed by atoms with E-state index in [0.29, 0.717) is 0 Å². The third-order valence-corrected chi connectivity index (χ3v) is 3.30. The maximum Gasteiger partial charge on any atom is 0.202 e. The van der Waals surface area contributed by atoms with Crippen LogP contribution in [-0.4, -0.2) is 0 Å². The summed E-state index contributed by atoms with van der Waals surface area (Å²) in [6.07, 6.45) is 0. The summed E-state index contributed by atoms with van der Waals surface area (Å²) in [6.45, 7) is 3.10. The van der Waals surface area contributed by atoms with Crippen LogP contribution in [0.25, 0.3) is 10.8 Å². The average Bonchev–Trinajstić information content (AvgIpc) is 2.65. The van der Waals surface area contributed by atoms with Gasteiger partial charge in [0.2, 0.25) is 10.9 Å². The van der Waals surface area contributed by atoms with Crippen molar-refractivity contribution in [3.05, 3.63) is 75.0 Å². The molecule has 5 heteroatoms. The summed E-state index contributed by atoms with van der Waals surface area (Å²) in [4.78, 5) is 48.1. The molecule has 5 nitrogen and oxygen atoms in total. The topological polar surface area (TPSA) is 81.4 Å². The van der Waals surface area contributed by atoms with Crippen LogP contribution in [0.15, 0.2) is 35.7 Å². The summed E-state index contributed by atoms with van der Waals surface area (Å²) in [7, 11) is 0. The minimum Gasteiger partial charge on any atom is -0.465 e. The summed E-state index contributed by atoms with van der Waals surface area (Å²) in [5.74, 6) is 0.569. The lowest BCUT2D eigenvalue weighted by atomic mass is 10.1. The van der Waals surface area contributed by atoms with Gasteiger partial charge in [-0.2, -0.15) is 0 Å². The van der Waals surface area contributed by atoms with Gasteiger partial charge in [0.25, 0.3) is 0 Å². The van der Waals surface area contributed by atoms with Crippen LogP contribution >= 0.6 is 0 Å². The van der Waals surface area contributed by atoms with Gasteiger partial charge in [-0.1, -0.05) is 0 Å². The lowest BCUT2D eigenvalue weighted by Crippen LogP contribution is -2.27. The number of fused-ring (bicyclic) bond motifs is 1. The molecular weight excluding hydrogens is 248 g/mol. The van der Waals surface area contributed by atoms with E-state index in [1.165, 1.54) is 0 Å². The van der Waals surface area contributed by atoms with Crippen molar-refractivity contribution < 1.29 is 4.42 Å². The maximum atomic E-state index is 12.3. The predicted octanol–water partition coefficient (Wildman–Crippen LogP) is 0.0908. The molecule has 2 aliphatic rings. The molecule has 0 amide bonds. The molecule has 0 unspecified atom stereocenters. The second kappa shape index (κ2) is 3.47. The van der Waals surface area contributed by atoms with Crippen LogP contribution in [0.1, 0.15) is 11.5 Å². The standard InChI is InChI=1S/C14H8O5/c1-5-9-10(6(2)19-5)14(18)12-8(16)4-3-7(15)11(12)13(9)17/h3-4H,1-2H3. The maximum absolute atomic E-state index is 12.3. The molecule has 94 valence electrons. The lowest BCUT2D eigenvalue weighted by Gasteiger charge is -1.92. The molecule has 0 fully saturated rings. The summed E-state index contributed by atoms with van der Waals surface area (Å²) >= 11 is 0. The smallest absolute Gasteiger partial charge is 0.202 e. The van der Waals surface area contributed by atoms with Gasteiger partial charge in [0.1, 0.15) is 11.5 Å². The lowest BCUT2D eigenvalue weighted by molar-refractivity contribution is 0.510. The Morgan fingerprint density at radius 3 is 1.47 bits per heavy atom. The van der Waals surface area contributed by atoms with E-state index in [4.69, 9.17) is 4.42 Å². The van der Waals surface area contributed by atoms with Crippen LogP contribution in [0.4, 0.5) is 0 Å². The van der Waals surface area contributed by atoms with Crippen LogP contribution < -0.4 is 21.7 Å². The summed E-state index contributed by atoms with van der Waals surface area (Å²) < 4.78 is 5.27. The number of rotatable bonds is 0. The first kappa shape index (κ1) is 11.5. The molecule has 1 heterocycles. The molecule has 0 atom stereocenters. The van der Waals surface area contributed by atoms with Gasteiger partial charge in [-0.25, -0.2) is 0 Å². The zero-order chi connectivity index (χ0) is 13.9. The molecule has 1 aromatic heterocycles. The summed E-state index contributed by atoms with van der Waals surface area (Å²) in [5, 5.41) is -0.488. The van der Waals surface area contributed by atoms with Gasteiger partial charge >= 0.3 is 0 Å². The molecule has 0 spiro atoms. The van der Waals surface area contributed by atoms with Crippen molar-refractivity contribution in [1.82, 2.24) is 0 Å². The van der Waals surface area contributed by atoms with Crippen molar-refractivity contribution in [3.63, 3.8) is 0 Å². The Morgan fingerprint density at radius 2 is 1.11 bits per heavy atom. The second-order valence-electron chi connectivity index (χ2n) is 4.43. The first-order valence-corrected chi connectivity index (χ1v) is 5.64. The molecule has 0 saturated carbocycles. The molecular formula is C14H8O5. The molecule has 0 aliphatic heterocycles. The molecule has 3 rings (SSSR count).